The van der Waals surface area contributed by atoms with Gasteiger partial charge in [0.2, 0.25) is 5.91 Å². The molecule has 0 radical (unpaired) electrons. The van der Waals surface area contributed by atoms with Crippen molar-refractivity contribution in [1.82, 2.24) is 0 Å². The van der Waals surface area contributed by atoms with Crippen LogP contribution in [0.4, 0.5) is 23.2 Å². The molecule has 0 fully saturated rings. The summed E-state index contributed by atoms with van der Waals surface area (Å²) in [5.74, 6) is -2.43. The predicted molar refractivity (Wildman–Crippen MR) is 44.3 cm³/mol. The van der Waals surface area contributed by atoms with Gasteiger partial charge in [-0.05, 0) is 12.1 Å². The number of hydrogen-bond acceptors (Lipinski definition) is 2. The lowest BCUT2D eigenvalue weighted by atomic mass is 10.0. The SMILES string of the molecule is NC(=O)c1cc(F)cc(N)c1C(F)(F)F. The van der Waals surface area contributed by atoms with E-state index < -0.39 is 34.7 Å². The van der Waals surface area contributed by atoms with Crippen LogP contribution in [0.3, 0.4) is 0 Å². The largest absolute Gasteiger partial charge is 0.419 e. The van der Waals surface area contributed by atoms with E-state index >= 15 is 0 Å². The minimum Gasteiger partial charge on any atom is -0.398 e. The van der Waals surface area contributed by atoms with Crippen molar-refractivity contribution >= 4 is 11.6 Å². The average Bonchev–Trinajstić information content (AvgIpc) is 1.99. The number of nitrogens with two attached hydrogens (primary N) is 2. The fraction of sp³-hybridized carbons (Fsp3) is 0.125. The van der Waals surface area contributed by atoms with Gasteiger partial charge in [-0.2, -0.15) is 13.2 Å². The summed E-state index contributed by atoms with van der Waals surface area (Å²) in [5.41, 5.74) is 6.42. The molecule has 0 aliphatic carbocycles. The van der Waals surface area contributed by atoms with Gasteiger partial charge in [-0.3, -0.25) is 4.79 Å². The molecule has 4 N–H and O–H groups in total. The number of primary amides is 1. The molecule has 1 amide bonds. The first-order valence-corrected chi connectivity index (χ1v) is 3.69. The predicted octanol–water partition coefficient (Wildman–Crippen LogP) is 1.53. The Morgan fingerprint density at radius 2 is 1.80 bits per heavy atom. The highest BCUT2D eigenvalue weighted by molar-refractivity contribution is 5.96. The zero-order valence-electron chi connectivity index (χ0n) is 7.23. The number of alkyl halides is 3. The summed E-state index contributed by atoms with van der Waals surface area (Å²) in [7, 11) is 0. The second kappa shape index (κ2) is 3.41. The van der Waals surface area contributed by atoms with E-state index in [9.17, 15) is 22.4 Å². The summed E-state index contributed by atoms with van der Waals surface area (Å²) in [4.78, 5) is 10.7. The number of benzene rings is 1. The molecule has 1 aromatic rings. The quantitative estimate of drug-likeness (QED) is 0.558. The van der Waals surface area contributed by atoms with Crippen LogP contribution in [0.15, 0.2) is 12.1 Å². The maximum atomic E-state index is 12.7. The summed E-state index contributed by atoms with van der Waals surface area (Å²) in [6, 6.07) is 0.886. The molecule has 7 heteroatoms. The van der Waals surface area contributed by atoms with E-state index in [0.29, 0.717) is 12.1 Å². The monoisotopic (exact) mass is 222 g/mol. The third kappa shape index (κ3) is 2.17. The van der Waals surface area contributed by atoms with Crippen LogP contribution >= 0.6 is 0 Å². The second-order valence-electron chi connectivity index (χ2n) is 2.78. The van der Waals surface area contributed by atoms with Crippen molar-refractivity contribution in [3.63, 3.8) is 0 Å². The van der Waals surface area contributed by atoms with Gasteiger partial charge in [0.05, 0.1) is 11.1 Å². The zero-order chi connectivity index (χ0) is 11.8. The van der Waals surface area contributed by atoms with Gasteiger partial charge >= 0.3 is 6.18 Å². The Balaban J connectivity index is 3.55. The highest BCUT2D eigenvalue weighted by Gasteiger charge is 2.37. The number of carbonyl (C=O) groups is 1. The number of halogens is 4. The van der Waals surface area contributed by atoms with Crippen LogP contribution in [-0.2, 0) is 6.18 Å². The molecule has 0 bridgehead atoms. The number of rotatable bonds is 1. The van der Waals surface area contributed by atoms with E-state index in [1.165, 1.54) is 0 Å². The van der Waals surface area contributed by atoms with Crippen molar-refractivity contribution in [1.29, 1.82) is 0 Å². The molecule has 0 aliphatic heterocycles. The molecule has 0 spiro atoms. The summed E-state index contributed by atoms with van der Waals surface area (Å²) in [5, 5.41) is 0. The molecular weight excluding hydrogens is 216 g/mol. The van der Waals surface area contributed by atoms with Crippen LogP contribution in [-0.4, -0.2) is 5.91 Å². The zero-order valence-corrected chi connectivity index (χ0v) is 7.23. The van der Waals surface area contributed by atoms with Crippen molar-refractivity contribution in [2.75, 3.05) is 5.73 Å². The first kappa shape index (κ1) is 11.3. The fourth-order valence-electron chi connectivity index (χ4n) is 1.14. The second-order valence-corrected chi connectivity index (χ2v) is 2.78. The minimum absolute atomic E-state index is 0.404. The van der Waals surface area contributed by atoms with Crippen molar-refractivity contribution in [2.24, 2.45) is 5.73 Å². The van der Waals surface area contributed by atoms with Crippen LogP contribution in [0, 0.1) is 5.82 Å². The Morgan fingerprint density at radius 1 is 1.27 bits per heavy atom. The summed E-state index contributed by atoms with van der Waals surface area (Å²) >= 11 is 0. The molecular formula is C8H6F4N2O. The molecule has 0 aromatic heterocycles. The Morgan fingerprint density at radius 3 is 2.20 bits per heavy atom. The molecule has 82 valence electrons. The van der Waals surface area contributed by atoms with Crippen molar-refractivity contribution in [2.45, 2.75) is 6.18 Å². The van der Waals surface area contributed by atoms with Gasteiger partial charge in [0.15, 0.2) is 0 Å². The van der Waals surface area contributed by atoms with Gasteiger partial charge in [-0.1, -0.05) is 0 Å². The number of amides is 1. The van der Waals surface area contributed by atoms with Gasteiger partial charge in [0, 0.05) is 5.69 Å². The van der Waals surface area contributed by atoms with Gasteiger partial charge < -0.3 is 11.5 Å². The molecule has 0 heterocycles. The van der Waals surface area contributed by atoms with Crippen LogP contribution in [0.2, 0.25) is 0 Å². The van der Waals surface area contributed by atoms with Gasteiger partial charge in [0.1, 0.15) is 5.82 Å². The molecule has 3 nitrogen and oxygen atoms in total. The maximum Gasteiger partial charge on any atom is 0.419 e. The van der Waals surface area contributed by atoms with E-state index in [1.807, 2.05) is 0 Å². The van der Waals surface area contributed by atoms with Crippen LogP contribution in [0.1, 0.15) is 15.9 Å². The lowest BCUT2D eigenvalue weighted by molar-refractivity contribution is -0.137. The number of hydrogen-bond donors (Lipinski definition) is 2. The van der Waals surface area contributed by atoms with Crippen molar-refractivity contribution in [3.8, 4) is 0 Å². The van der Waals surface area contributed by atoms with Crippen molar-refractivity contribution < 1.29 is 22.4 Å². The maximum absolute atomic E-state index is 12.7. The van der Waals surface area contributed by atoms with Gasteiger partial charge in [-0.15, -0.1) is 0 Å². The lowest BCUT2D eigenvalue weighted by Gasteiger charge is -2.13. The lowest BCUT2D eigenvalue weighted by Crippen LogP contribution is -2.21. The topological polar surface area (TPSA) is 69.1 Å². The van der Waals surface area contributed by atoms with Crippen LogP contribution in [0.25, 0.3) is 0 Å². The number of carbonyl (C=O) groups excluding carboxylic acids is 1. The molecule has 0 atom stereocenters. The third-order valence-corrected chi connectivity index (χ3v) is 1.68. The van der Waals surface area contributed by atoms with E-state index in [2.05, 4.69) is 5.73 Å². The van der Waals surface area contributed by atoms with Crippen molar-refractivity contribution in [3.05, 3.63) is 29.1 Å². The summed E-state index contributed by atoms with van der Waals surface area (Å²) < 4.78 is 49.9. The Bertz CT molecular complexity index is 414. The van der Waals surface area contributed by atoms with Gasteiger partial charge in [-0.25, -0.2) is 4.39 Å². The first-order chi connectivity index (χ1) is 6.73. The standard InChI is InChI=1S/C8H6F4N2O/c9-3-1-4(7(14)15)6(5(13)2-3)8(10,11)12/h1-2H,13H2,(H2,14,15). The molecule has 1 aromatic carbocycles. The first-order valence-electron chi connectivity index (χ1n) is 3.69. The molecule has 0 saturated heterocycles. The molecule has 0 aliphatic rings. The third-order valence-electron chi connectivity index (χ3n) is 1.68. The van der Waals surface area contributed by atoms with Gasteiger partial charge in [0.25, 0.3) is 0 Å². The Labute approximate surface area is 81.7 Å². The van der Waals surface area contributed by atoms with E-state index in [-0.39, 0.29) is 0 Å². The minimum atomic E-state index is -4.85. The fourth-order valence-corrected chi connectivity index (χ4v) is 1.14. The molecule has 15 heavy (non-hydrogen) atoms. The normalized spacial score (nSPS) is 11.5. The Hall–Kier alpha value is -1.79. The highest BCUT2D eigenvalue weighted by Crippen LogP contribution is 2.36. The van der Waals surface area contributed by atoms with E-state index in [4.69, 9.17) is 5.73 Å². The van der Waals surface area contributed by atoms with Crippen LogP contribution < -0.4 is 11.5 Å². The number of nitrogen functional groups attached to an aromatic ring is 1. The van der Waals surface area contributed by atoms with Crippen LogP contribution in [0.5, 0.6) is 0 Å². The smallest absolute Gasteiger partial charge is 0.398 e. The molecule has 0 saturated carbocycles. The summed E-state index contributed by atoms with van der Waals surface area (Å²) in [6.45, 7) is 0. The average molecular weight is 222 g/mol. The molecule has 1 rings (SSSR count). The molecule has 0 unspecified atom stereocenters. The summed E-state index contributed by atoms with van der Waals surface area (Å²) in [6.07, 6.45) is -4.85. The Kier molecular flexibility index (Phi) is 2.57. The number of anilines is 1. The van der Waals surface area contributed by atoms with E-state index in [0.717, 1.165) is 0 Å². The van der Waals surface area contributed by atoms with E-state index in [1.54, 1.807) is 0 Å². The highest BCUT2D eigenvalue weighted by atomic mass is 19.4.